The molecule has 2 aromatic rings. The van der Waals surface area contributed by atoms with Gasteiger partial charge in [0.1, 0.15) is 0 Å². The van der Waals surface area contributed by atoms with Crippen molar-refractivity contribution in [2.45, 2.75) is 31.6 Å². The van der Waals surface area contributed by atoms with E-state index in [4.69, 9.17) is 11.6 Å². The number of halogens is 1. The first kappa shape index (κ1) is 19.0. The molecule has 0 bridgehead atoms. The monoisotopic (exact) mass is 397 g/mol. The van der Waals surface area contributed by atoms with E-state index in [1.807, 2.05) is 35.2 Å². The maximum atomic E-state index is 12.9. The molecule has 5 heteroatoms. The first-order chi connectivity index (χ1) is 13.5. The van der Waals surface area contributed by atoms with Crippen LogP contribution in [0.25, 0.3) is 0 Å². The molecule has 146 valence electrons. The zero-order valence-corrected chi connectivity index (χ0v) is 16.4. The minimum atomic E-state index is -0.871. The van der Waals surface area contributed by atoms with E-state index in [1.165, 1.54) is 0 Å². The predicted octanol–water partition coefficient (Wildman–Crippen LogP) is 4.62. The third kappa shape index (κ3) is 4.07. The summed E-state index contributed by atoms with van der Waals surface area (Å²) in [5.41, 5.74) is 2.44. The standard InChI is InChI=1S/C23H24ClNO3/c24-18-6-3-5-17(13-18)20-14-21(20)22(26)25-10-8-15(9-11-25)12-16-4-1-2-7-19(16)23(27)28/h1-7,13,15,20-21H,8-12,14H2,(H,27,28). The molecule has 1 aliphatic carbocycles. The van der Waals surface area contributed by atoms with Crippen molar-refractivity contribution in [1.82, 2.24) is 4.90 Å². The molecule has 2 fully saturated rings. The van der Waals surface area contributed by atoms with Crippen molar-refractivity contribution < 1.29 is 14.7 Å². The number of aromatic carboxylic acids is 1. The molecule has 4 rings (SSSR count). The molecule has 0 spiro atoms. The van der Waals surface area contributed by atoms with Crippen LogP contribution >= 0.6 is 11.6 Å². The molecule has 1 amide bonds. The average molecular weight is 398 g/mol. The highest BCUT2D eigenvalue weighted by Crippen LogP contribution is 2.49. The van der Waals surface area contributed by atoms with E-state index >= 15 is 0 Å². The summed E-state index contributed by atoms with van der Waals surface area (Å²) in [4.78, 5) is 26.2. The van der Waals surface area contributed by atoms with Gasteiger partial charge in [0.05, 0.1) is 5.56 Å². The fourth-order valence-electron chi connectivity index (χ4n) is 4.38. The number of carbonyl (C=O) groups excluding carboxylic acids is 1. The summed E-state index contributed by atoms with van der Waals surface area (Å²) in [6, 6.07) is 15.0. The first-order valence-corrected chi connectivity index (χ1v) is 10.3. The van der Waals surface area contributed by atoms with Gasteiger partial charge in [-0.15, -0.1) is 0 Å². The van der Waals surface area contributed by atoms with Gasteiger partial charge in [-0.3, -0.25) is 4.79 Å². The Morgan fingerprint density at radius 3 is 2.54 bits per heavy atom. The highest BCUT2D eigenvalue weighted by atomic mass is 35.5. The summed E-state index contributed by atoms with van der Waals surface area (Å²) in [7, 11) is 0. The summed E-state index contributed by atoms with van der Waals surface area (Å²) in [5.74, 6) is 0.194. The lowest BCUT2D eigenvalue weighted by atomic mass is 9.88. The third-order valence-corrected chi connectivity index (χ3v) is 6.30. The quantitative estimate of drug-likeness (QED) is 0.800. The SMILES string of the molecule is O=C(O)c1ccccc1CC1CCN(C(=O)C2CC2c2cccc(Cl)c2)CC1. The Balaban J connectivity index is 1.31. The third-order valence-electron chi connectivity index (χ3n) is 6.07. The van der Waals surface area contributed by atoms with Crippen LogP contribution in [0.5, 0.6) is 0 Å². The van der Waals surface area contributed by atoms with E-state index in [0.29, 0.717) is 17.4 Å². The zero-order chi connectivity index (χ0) is 19.7. The Bertz CT molecular complexity index is 889. The van der Waals surface area contributed by atoms with Crippen LogP contribution in [0.4, 0.5) is 0 Å². The number of carboxylic acids is 1. The first-order valence-electron chi connectivity index (χ1n) is 9.88. The number of carboxylic acid groups (broad SMARTS) is 1. The molecule has 0 aromatic heterocycles. The lowest BCUT2D eigenvalue weighted by Gasteiger charge is -2.32. The number of hydrogen-bond donors (Lipinski definition) is 1. The molecule has 1 saturated heterocycles. The zero-order valence-electron chi connectivity index (χ0n) is 15.7. The predicted molar refractivity (Wildman–Crippen MR) is 109 cm³/mol. The second-order valence-electron chi connectivity index (χ2n) is 7.94. The van der Waals surface area contributed by atoms with E-state index in [9.17, 15) is 14.7 Å². The molecule has 28 heavy (non-hydrogen) atoms. The van der Waals surface area contributed by atoms with Gasteiger partial charge in [-0.2, -0.15) is 0 Å². The molecule has 1 heterocycles. The van der Waals surface area contributed by atoms with Gasteiger partial charge in [0, 0.05) is 24.0 Å². The van der Waals surface area contributed by atoms with Crippen molar-refractivity contribution in [3.8, 4) is 0 Å². The molecule has 1 saturated carbocycles. The average Bonchev–Trinajstić information content (AvgIpc) is 3.49. The Hall–Kier alpha value is -2.33. The van der Waals surface area contributed by atoms with E-state index < -0.39 is 5.97 Å². The molecule has 1 N–H and O–H groups in total. The van der Waals surface area contributed by atoms with Gasteiger partial charge in [0.15, 0.2) is 0 Å². The highest BCUT2D eigenvalue weighted by Gasteiger charge is 2.46. The fourth-order valence-corrected chi connectivity index (χ4v) is 4.58. The van der Waals surface area contributed by atoms with E-state index in [-0.39, 0.29) is 11.8 Å². The lowest BCUT2D eigenvalue weighted by Crippen LogP contribution is -2.40. The van der Waals surface area contributed by atoms with E-state index in [2.05, 4.69) is 6.07 Å². The van der Waals surface area contributed by atoms with Crippen LogP contribution in [0.3, 0.4) is 0 Å². The second kappa shape index (κ2) is 7.96. The summed E-state index contributed by atoms with van der Waals surface area (Å²) in [6.07, 6.45) is 3.52. The maximum Gasteiger partial charge on any atom is 0.335 e. The molecular formula is C23H24ClNO3. The number of rotatable bonds is 5. The Kier molecular flexibility index (Phi) is 5.40. The molecule has 2 aliphatic rings. The number of hydrogen-bond acceptors (Lipinski definition) is 2. The second-order valence-corrected chi connectivity index (χ2v) is 8.38. The van der Waals surface area contributed by atoms with Crippen LogP contribution in [-0.4, -0.2) is 35.0 Å². The van der Waals surface area contributed by atoms with Crippen LogP contribution in [0.2, 0.25) is 5.02 Å². The van der Waals surface area contributed by atoms with Crippen LogP contribution in [-0.2, 0) is 11.2 Å². The highest BCUT2D eigenvalue weighted by molar-refractivity contribution is 6.30. The van der Waals surface area contributed by atoms with E-state index in [0.717, 1.165) is 54.9 Å². The Morgan fingerprint density at radius 1 is 1.07 bits per heavy atom. The van der Waals surface area contributed by atoms with Gasteiger partial charge in [-0.1, -0.05) is 41.9 Å². The molecule has 1 aliphatic heterocycles. The molecule has 2 atom stereocenters. The van der Waals surface area contributed by atoms with Gasteiger partial charge < -0.3 is 10.0 Å². The number of piperidine rings is 1. The van der Waals surface area contributed by atoms with Crippen molar-refractivity contribution >= 4 is 23.5 Å². The smallest absolute Gasteiger partial charge is 0.335 e. The van der Waals surface area contributed by atoms with E-state index in [1.54, 1.807) is 12.1 Å². The van der Waals surface area contributed by atoms with Crippen molar-refractivity contribution in [3.05, 3.63) is 70.2 Å². The van der Waals surface area contributed by atoms with Gasteiger partial charge in [0.25, 0.3) is 0 Å². The summed E-state index contributed by atoms with van der Waals surface area (Å²) in [5, 5.41) is 10.1. The number of likely N-dealkylation sites (tertiary alicyclic amines) is 1. The van der Waals surface area contributed by atoms with Gasteiger partial charge in [-0.05, 0) is 66.8 Å². The maximum absolute atomic E-state index is 12.9. The molecular weight excluding hydrogens is 374 g/mol. The summed E-state index contributed by atoms with van der Waals surface area (Å²) >= 11 is 6.07. The molecule has 0 radical (unpaired) electrons. The van der Waals surface area contributed by atoms with Crippen LogP contribution in [0, 0.1) is 11.8 Å². The fraction of sp³-hybridized carbons (Fsp3) is 0.391. The van der Waals surface area contributed by atoms with Crippen molar-refractivity contribution in [2.75, 3.05) is 13.1 Å². The van der Waals surface area contributed by atoms with Gasteiger partial charge >= 0.3 is 5.97 Å². The van der Waals surface area contributed by atoms with Gasteiger partial charge in [0.2, 0.25) is 5.91 Å². The summed E-state index contributed by atoms with van der Waals surface area (Å²) in [6.45, 7) is 1.52. The van der Waals surface area contributed by atoms with Crippen LogP contribution < -0.4 is 0 Å². The topological polar surface area (TPSA) is 57.6 Å². The van der Waals surface area contributed by atoms with Crippen molar-refractivity contribution in [1.29, 1.82) is 0 Å². The molecule has 4 nitrogen and oxygen atoms in total. The number of carbonyl (C=O) groups is 2. The normalized spacial score (nSPS) is 22.1. The van der Waals surface area contributed by atoms with Crippen LogP contribution in [0.1, 0.15) is 46.7 Å². The van der Waals surface area contributed by atoms with Gasteiger partial charge in [-0.25, -0.2) is 4.79 Å². The Morgan fingerprint density at radius 2 is 1.82 bits per heavy atom. The summed E-state index contributed by atoms with van der Waals surface area (Å²) < 4.78 is 0. The van der Waals surface area contributed by atoms with Crippen molar-refractivity contribution in [3.63, 3.8) is 0 Å². The molecule has 2 aromatic carbocycles. The van der Waals surface area contributed by atoms with Crippen molar-refractivity contribution in [2.24, 2.45) is 11.8 Å². The van der Waals surface area contributed by atoms with Crippen LogP contribution in [0.15, 0.2) is 48.5 Å². The minimum Gasteiger partial charge on any atom is -0.478 e. The lowest BCUT2D eigenvalue weighted by molar-refractivity contribution is -0.134. The molecule has 2 unspecified atom stereocenters. The Labute approximate surface area is 170 Å². The number of nitrogens with zero attached hydrogens (tertiary/aromatic N) is 1. The number of amides is 1. The minimum absolute atomic E-state index is 0.0859. The largest absolute Gasteiger partial charge is 0.478 e. The number of benzene rings is 2.